The van der Waals surface area contributed by atoms with E-state index in [0.717, 1.165) is 28.9 Å². The topological polar surface area (TPSA) is 67.4 Å². The summed E-state index contributed by atoms with van der Waals surface area (Å²) < 4.78 is 5.82. The molecule has 0 fully saturated rings. The average Bonchev–Trinajstić information content (AvgIpc) is 2.65. The molecule has 134 valence electrons. The minimum Gasteiger partial charge on any atom is -0.493 e. The summed E-state index contributed by atoms with van der Waals surface area (Å²) in [5, 5.41) is 5.77. The van der Waals surface area contributed by atoms with E-state index in [2.05, 4.69) is 17.2 Å². The van der Waals surface area contributed by atoms with Gasteiger partial charge in [-0.3, -0.25) is 9.59 Å². The largest absolute Gasteiger partial charge is 0.493 e. The highest BCUT2D eigenvalue weighted by atomic mass is 16.5. The number of carbonyl (C=O) groups excluding carboxylic acids is 2. The van der Waals surface area contributed by atoms with Crippen molar-refractivity contribution in [3.05, 3.63) is 71.3 Å². The first-order chi connectivity index (χ1) is 12.5. The zero-order valence-electron chi connectivity index (χ0n) is 15.0. The Bertz CT molecular complexity index is 874. The van der Waals surface area contributed by atoms with Crippen molar-refractivity contribution in [2.75, 3.05) is 11.9 Å². The maximum Gasteiger partial charge on any atom is 0.251 e. The number of nitrogens with one attached hydrogen (secondary N) is 2. The number of aryl methyl sites for hydroxylation is 2. The molecule has 2 aromatic carbocycles. The van der Waals surface area contributed by atoms with Crippen LogP contribution < -0.4 is 15.4 Å². The van der Waals surface area contributed by atoms with E-state index in [9.17, 15) is 9.59 Å². The molecule has 26 heavy (non-hydrogen) atoms. The maximum absolute atomic E-state index is 12.7. The summed E-state index contributed by atoms with van der Waals surface area (Å²) in [4.78, 5) is 24.2. The fourth-order valence-corrected chi connectivity index (χ4v) is 3.17. The Labute approximate surface area is 153 Å². The Morgan fingerprint density at radius 2 is 1.96 bits per heavy atom. The van der Waals surface area contributed by atoms with Crippen LogP contribution >= 0.6 is 0 Å². The molecule has 0 spiro atoms. The molecule has 0 unspecified atom stereocenters. The van der Waals surface area contributed by atoms with Gasteiger partial charge in [0.2, 0.25) is 5.91 Å². The normalized spacial score (nSPS) is 15.4. The second-order valence-corrected chi connectivity index (χ2v) is 6.38. The van der Waals surface area contributed by atoms with E-state index in [0.29, 0.717) is 17.9 Å². The molecular formula is C21H22N2O3. The van der Waals surface area contributed by atoms with Crippen LogP contribution in [0.1, 0.15) is 39.5 Å². The molecule has 0 aliphatic carbocycles. The monoisotopic (exact) mass is 350 g/mol. The summed E-state index contributed by atoms with van der Waals surface area (Å²) in [7, 11) is 0. The van der Waals surface area contributed by atoms with Crippen LogP contribution in [0.5, 0.6) is 5.75 Å². The van der Waals surface area contributed by atoms with Crippen molar-refractivity contribution in [2.45, 2.75) is 26.3 Å². The number of anilines is 1. The molecule has 1 aliphatic heterocycles. The summed E-state index contributed by atoms with van der Waals surface area (Å²) in [6, 6.07) is 10.8. The lowest BCUT2D eigenvalue weighted by Crippen LogP contribution is -2.33. The molecule has 5 heteroatoms. The molecule has 5 nitrogen and oxygen atoms in total. The number of amides is 2. The van der Waals surface area contributed by atoms with E-state index in [1.165, 1.54) is 6.08 Å². The van der Waals surface area contributed by atoms with Crippen LogP contribution in [0, 0.1) is 13.8 Å². The molecule has 0 aromatic heterocycles. The Balaban J connectivity index is 1.82. The maximum atomic E-state index is 12.7. The van der Waals surface area contributed by atoms with Gasteiger partial charge < -0.3 is 15.4 Å². The molecule has 2 aromatic rings. The Hall–Kier alpha value is -3.08. The van der Waals surface area contributed by atoms with Gasteiger partial charge in [0.15, 0.2) is 0 Å². The lowest BCUT2D eigenvalue weighted by molar-refractivity contribution is -0.111. The van der Waals surface area contributed by atoms with E-state index in [1.807, 2.05) is 26.0 Å². The van der Waals surface area contributed by atoms with Crippen molar-refractivity contribution in [3.8, 4) is 5.75 Å². The minimum absolute atomic E-state index is 0.0995. The van der Waals surface area contributed by atoms with E-state index in [1.54, 1.807) is 24.3 Å². The Morgan fingerprint density at radius 1 is 1.19 bits per heavy atom. The lowest BCUT2D eigenvalue weighted by Gasteiger charge is -2.29. The van der Waals surface area contributed by atoms with E-state index in [-0.39, 0.29) is 17.9 Å². The first-order valence-electron chi connectivity index (χ1n) is 8.57. The number of hydrogen-bond donors (Lipinski definition) is 2. The molecule has 1 aliphatic rings. The third-order valence-corrected chi connectivity index (χ3v) is 4.50. The van der Waals surface area contributed by atoms with Crippen molar-refractivity contribution in [3.63, 3.8) is 0 Å². The smallest absolute Gasteiger partial charge is 0.251 e. The molecule has 0 radical (unpaired) electrons. The first-order valence-corrected chi connectivity index (χ1v) is 8.57. The van der Waals surface area contributed by atoms with Crippen LogP contribution in [0.25, 0.3) is 0 Å². The second kappa shape index (κ2) is 7.44. The Kier molecular flexibility index (Phi) is 5.07. The van der Waals surface area contributed by atoms with Gasteiger partial charge in [0, 0.05) is 23.2 Å². The van der Waals surface area contributed by atoms with Gasteiger partial charge in [-0.1, -0.05) is 24.8 Å². The van der Waals surface area contributed by atoms with Crippen LogP contribution in [-0.2, 0) is 4.79 Å². The van der Waals surface area contributed by atoms with Gasteiger partial charge in [-0.05, 0) is 49.2 Å². The predicted molar refractivity (Wildman–Crippen MR) is 102 cm³/mol. The fourth-order valence-electron chi connectivity index (χ4n) is 3.17. The number of benzene rings is 2. The van der Waals surface area contributed by atoms with Gasteiger partial charge in [-0.15, -0.1) is 0 Å². The number of hydrogen-bond acceptors (Lipinski definition) is 3. The van der Waals surface area contributed by atoms with Crippen molar-refractivity contribution in [2.24, 2.45) is 0 Å². The lowest BCUT2D eigenvalue weighted by atomic mass is 9.93. The standard InChI is InChI=1S/C21H22N2O3/c1-4-18(24)22-16-7-5-6-15(12-16)21(25)23-17-10-11-26-20-14(3)9-8-13(2)19(17)20/h4-9,12,17H,1,10-11H2,2-3H3,(H,22,24)(H,23,25)/t17-/m1/s1. The second-order valence-electron chi connectivity index (χ2n) is 6.38. The van der Waals surface area contributed by atoms with Crippen LogP contribution in [-0.4, -0.2) is 18.4 Å². The third kappa shape index (κ3) is 3.61. The SMILES string of the molecule is C=CC(=O)Nc1cccc(C(=O)N[C@@H]2CCOc3c(C)ccc(C)c32)c1. The van der Waals surface area contributed by atoms with Crippen LogP contribution in [0.15, 0.2) is 49.1 Å². The zero-order valence-corrected chi connectivity index (χ0v) is 15.0. The summed E-state index contributed by atoms with van der Waals surface area (Å²) in [5.41, 5.74) is 4.26. The minimum atomic E-state index is -0.313. The van der Waals surface area contributed by atoms with Crippen molar-refractivity contribution < 1.29 is 14.3 Å². The van der Waals surface area contributed by atoms with E-state index in [4.69, 9.17) is 4.74 Å². The molecular weight excluding hydrogens is 328 g/mol. The van der Waals surface area contributed by atoms with E-state index >= 15 is 0 Å². The van der Waals surface area contributed by atoms with Crippen molar-refractivity contribution in [1.29, 1.82) is 0 Å². The highest BCUT2D eigenvalue weighted by Gasteiger charge is 2.26. The van der Waals surface area contributed by atoms with Crippen molar-refractivity contribution in [1.82, 2.24) is 5.32 Å². The van der Waals surface area contributed by atoms with E-state index < -0.39 is 0 Å². The number of carbonyl (C=O) groups is 2. The molecule has 1 atom stereocenters. The summed E-state index contributed by atoms with van der Waals surface area (Å²) in [6.45, 7) is 8.03. The summed E-state index contributed by atoms with van der Waals surface area (Å²) in [5.74, 6) is 0.374. The molecule has 2 amide bonds. The van der Waals surface area contributed by atoms with Gasteiger partial charge in [0.1, 0.15) is 5.75 Å². The molecule has 0 saturated heterocycles. The highest BCUT2D eigenvalue weighted by Crippen LogP contribution is 2.37. The summed E-state index contributed by atoms with van der Waals surface area (Å²) in [6.07, 6.45) is 1.91. The van der Waals surface area contributed by atoms with Gasteiger partial charge in [0.05, 0.1) is 12.6 Å². The van der Waals surface area contributed by atoms with Crippen LogP contribution in [0.4, 0.5) is 5.69 Å². The highest BCUT2D eigenvalue weighted by molar-refractivity contribution is 6.00. The first kappa shape index (κ1) is 17.7. The van der Waals surface area contributed by atoms with Gasteiger partial charge in [-0.25, -0.2) is 0 Å². The van der Waals surface area contributed by atoms with Gasteiger partial charge in [-0.2, -0.15) is 0 Å². The van der Waals surface area contributed by atoms with Gasteiger partial charge >= 0.3 is 0 Å². The fraction of sp³-hybridized carbons (Fsp3) is 0.238. The molecule has 0 bridgehead atoms. The zero-order chi connectivity index (χ0) is 18.7. The number of fused-ring (bicyclic) bond motifs is 1. The molecule has 3 rings (SSSR count). The summed E-state index contributed by atoms with van der Waals surface area (Å²) >= 11 is 0. The quantitative estimate of drug-likeness (QED) is 0.827. The molecule has 2 N–H and O–H groups in total. The average molecular weight is 350 g/mol. The predicted octanol–water partition coefficient (Wildman–Crippen LogP) is 3.68. The van der Waals surface area contributed by atoms with Gasteiger partial charge in [0.25, 0.3) is 5.91 Å². The molecule has 0 saturated carbocycles. The molecule has 1 heterocycles. The third-order valence-electron chi connectivity index (χ3n) is 4.50. The Morgan fingerprint density at radius 3 is 2.73 bits per heavy atom. The van der Waals surface area contributed by atoms with Crippen molar-refractivity contribution >= 4 is 17.5 Å². The van der Waals surface area contributed by atoms with Crippen LogP contribution in [0.3, 0.4) is 0 Å². The number of ether oxygens (including phenoxy) is 1. The number of rotatable bonds is 4. The van der Waals surface area contributed by atoms with Crippen LogP contribution in [0.2, 0.25) is 0 Å².